The van der Waals surface area contributed by atoms with Crippen LogP contribution in [-0.4, -0.2) is 31.8 Å². The average molecular weight is 463 g/mol. The first kappa shape index (κ1) is 26.1. The third kappa shape index (κ3) is 15.9. The summed E-state index contributed by atoms with van der Waals surface area (Å²) >= 11 is 10.5. The minimum Gasteiger partial charge on any atom is -0.475 e. The quantitative estimate of drug-likeness (QED) is 0.166. The predicted molar refractivity (Wildman–Crippen MR) is 126 cm³/mol. The molecule has 148 valence electrons. The van der Waals surface area contributed by atoms with E-state index >= 15 is 0 Å². The van der Waals surface area contributed by atoms with Gasteiger partial charge in [0.15, 0.2) is 0 Å². The first-order valence-electron chi connectivity index (χ1n) is 8.51. The Kier molecular flexibility index (Phi) is 16.9. The number of thiocarbonyl (C=S) groups is 2. The summed E-state index contributed by atoms with van der Waals surface area (Å²) in [5.41, 5.74) is 0.154. The second kappa shape index (κ2) is 16.1. The van der Waals surface area contributed by atoms with Crippen LogP contribution in [-0.2, 0) is 14.2 Å². The van der Waals surface area contributed by atoms with Gasteiger partial charge in [0.05, 0.1) is 12.2 Å². The molecule has 0 amide bonds. The van der Waals surface area contributed by atoms with Crippen LogP contribution < -0.4 is 0 Å². The molecule has 0 bridgehead atoms. The Bertz CT molecular complexity index is 345. The molecule has 0 saturated carbocycles. The molecule has 0 aromatic heterocycles. The number of rotatable bonds is 12. The summed E-state index contributed by atoms with van der Waals surface area (Å²) in [6.45, 7) is 12.2. The third-order valence-corrected chi connectivity index (χ3v) is 8.34. The van der Waals surface area contributed by atoms with E-state index in [4.69, 9.17) is 38.6 Å². The standard InChI is InChI=1S/C16H30O3S6/c1-7-9-13(22-24-15(20)17-11(3)4)19-14(10-8-2)23-25-16(21)18-12(5)6/h11-14H,7-10H2,1-6H3. The van der Waals surface area contributed by atoms with Gasteiger partial charge < -0.3 is 14.2 Å². The SMILES string of the molecule is CCCC(OC(CCC)SSC(=S)OC(C)C)SSC(=S)OC(C)C. The number of ether oxygens (including phenoxy) is 3. The number of hydrogen-bond acceptors (Lipinski definition) is 9. The van der Waals surface area contributed by atoms with E-state index in [1.165, 1.54) is 21.6 Å². The van der Waals surface area contributed by atoms with Gasteiger partial charge in [-0.25, -0.2) is 0 Å². The van der Waals surface area contributed by atoms with E-state index in [1.54, 1.807) is 21.6 Å². The molecule has 2 unspecified atom stereocenters. The minimum absolute atomic E-state index is 0.0768. The molecule has 3 nitrogen and oxygen atoms in total. The molecule has 0 fully saturated rings. The van der Waals surface area contributed by atoms with Gasteiger partial charge in [-0.2, -0.15) is 0 Å². The first-order chi connectivity index (χ1) is 11.8. The van der Waals surface area contributed by atoms with Gasteiger partial charge in [0.2, 0.25) is 8.77 Å². The summed E-state index contributed by atoms with van der Waals surface area (Å²) in [6, 6.07) is 0. The molecule has 2 atom stereocenters. The van der Waals surface area contributed by atoms with Crippen molar-refractivity contribution < 1.29 is 14.2 Å². The van der Waals surface area contributed by atoms with Crippen molar-refractivity contribution in [3.8, 4) is 0 Å². The highest BCUT2D eigenvalue weighted by atomic mass is 33.1. The zero-order chi connectivity index (χ0) is 19.2. The van der Waals surface area contributed by atoms with Gasteiger partial charge in [-0.1, -0.05) is 48.3 Å². The van der Waals surface area contributed by atoms with Crippen LogP contribution in [0.25, 0.3) is 0 Å². The lowest BCUT2D eigenvalue weighted by molar-refractivity contribution is 0.0826. The van der Waals surface area contributed by atoms with Crippen LogP contribution in [0.2, 0.25) is 0 Å². The van der Waals surface area contributed by atoms with Gasteiger partial charge in [-0.15, -0.1) is 0 Å². The maximum Gasteiger partial charge on any atom is 0.231 e. The Labute approximate surface area is 180 Å². The molecule has 0 radical (unpaired) electrons. The maximum absolute atomic E-state index is 6.30. The van der Waals surface area contributed by atoms with Crippen molar-refractivity contribution in [1.82, 2.24) is 0 Å². The minimum atomic E-state index is 0.0768. The topological polar surface area (TPSA) is 27.7 Å². The van der Waals surface area contributed by atoms with Crippen molar-refractivity contribution in [2.75, 3.05) is 0 Å². The summed E-state index contributed by atoms with van der Waals surface area (Å²) in [6.07, 6.45) is 4.27. The lowest BCUT2D eigenvalue weighted by atomic mass is 10.3. The van der Waals surface area contributed by atoms with Crippen LogP contribution in [0.3, 0.4) is 0 Å². The fourth-order valence-electron chi connectivity index (χ4n) is 1.53. The van der Waals surface area contributed by atoms with E-state index in [2.05, 4.69) is 13.8 Å². The molecule has 0 spiro atoms. The summed E-state index contributed by atoms with van der Waals surface area (Å²) in [5, 5.41) is 0. The van der Waals surface area contributed by atoms with Crippen molar-refractivity contribution in [2.24, 2.45) is 0 Å². The summed E-state index contributed by atoms with van der Waals surface area (Å²) in [7, 11) is 6.23. The summed E-state index contributed by atoms with van der Waals surface area (Å²) in [4.78, 5) is 0. The highest BCUT2D eigenvalue weighted by Crippen LogP contribution is 2.38. The Balaban J connectivity index is 4.46. The van der Waals surface area contributed by atoms with Crippen LogP contribution in [0.4, 0.5) is 0 Å². The van der Waals surface area contributed by atoms with Crippen LogP contribution >= 0.6 is 67.6 Å². The normalized spacial score (nSPS) is 13.8. The Morgan fingerprint density at radius 1 is 0.760 bits per heavy atom. The molecule has 0 rings (SSSR count). The Hall–Kier alpha value is 1.14. The van der Waals surface area contributed by atoms with Crippen molar-refractivity contribution >= 4 is 76.4 Å². The zero-order valence-corrected chi connectivity index (χ0v) is 20.7. The molecule has 0 saturated heterocycles. The largest absolute Gasteiger partial charge is 0.475 e. The van der Waals surface area contributed by atoms with Gasteiger partial charge >= 0.3 is 0 Å². The van der Waals surface area contributed by atoms with E-state index in [9.17, 15) is 0 Å². The molecule has 0 heterocycles. The molecule has 0 aromatic carbocycles. The monoisotopic (exact) mass is 462 g/mol. The Morgan fingerprint density at radius 3 is 1.40 bits per heavy atom. The lowest BCUT2D eigenvalue weighted by Gasteiger charge is -2.23. The molecule has 0 N–H and O–H groups in total. The second-order valence-electron chi connectivity index (χ2n) is 5.76. The average Bonchev–Trinajstić information content (AvgIpc) is 2.49. The van der Waals surface area contributed by atoms with Crippen LogP contribution in [0, 0.1) is 0 Å². The molecular weight excluding hydrogens is 433 g/mol. The molecule has 0 aromatic rings. The van der Waals surface area contributed by atoms with Gasteiger partial charge in [0, 0.05) is 0 Å². The fraction of sp³-hybridized carbons (Fsp3) is 0.875. The van der Waals surface area contributed by atoms with Gasteiger partial charge in [-0.3, -0.25) is 0 Å². The van der Waals surface area contributed by atoms with E-state index in [1.807, 2.05) is 27.7 Å². The third-order valence-electron chi connectivity index (χ3n) is 2.46. The van der Waals surface area contributed by atoms with Gasteiger partial charge in [0.25, 0.3) is 0 Å². The molecule has 0 aliphatic heterocycles. The van der Waals surface area contributed by atoms with Crippen molar-refractivity contribution in [3.05, 3.63) is 0 Å². The van der Waals surface area contributed by atoms with Gasteiger partial charge in [0.1, 0.15) is 10.9 Å². The molecule has 0 aliphatic carbocycles. The molecule has 0 aliphatic rings. The van der Waals surface area contributed by atoms with E-state index in [-0.39, 0.29) is 23.1 Å². The summed E-state index contributed by atoms with van der Waals surface area (Å²) in [5.74, 6) is 0. The molecule has 9 heteroatoms. The molecule has 25 heavy (non-hydrogen) atoms. The predicted octanol–water partition coefficient (Wildman–Crippen LogP) is 7.44. The molecular formula is C16H30O3S6. The van der Waals surface area contributed by atoms with E-state index in [0.29, 0.717) is 8.77 Å². The fourth-order valence-corrected chi connectivity index (χ4v) is 6.75. The van der Waals surface area contributed by atoms with Gasteiger partial charge in [-0.05, 0) is 86.6 Å². The smallest absolute Gasteiger partial charge is 0.231 e. The van der Waals surface area contributed by atoms with E-state index < -0.39 is 0 Å². The van der Waals surface area contributed by atoms with Crippen molar-refractivity contribution in [2.45, 2.75) is 90.3 Å². The van der Waals surface area contributed by atoms with Crippen LogP contribution in [0.15, 0.2) is 0 Å². The van der Waals surface area contributed by atoms with Crippen LogP contribution in [0.5, 0.6) is 0 Å². The highest BCUT2D eigenvalue weighted by Gasteiger charge is 2.20. The summed E-state index contributed by atoms with van der Waals surface area (Å²) < 4.78 is 18.5. The maximum atomic E-state index is 6.30. The number of hydrogen-bond donors (Lipinski definition) is 0. The van der Waals surface area contributed by atoms with Crippen LogP contribution in [0.1, 0.15) is 67.2 Å². The zero-order valence-electron chi connectivity index (χ0n) is 15.8. The Morgan fingerprint density at radius 2 is 1.12 bits per heavy atom. The van der Waals surface area contributed by atoms with Crippen molar-refractivity contribution in [1.29, 1.82) is 0 Å². The second-order valence-corrected chi connectivity index (χ2v) is 11.7. The van der Waals surface area contributed by atoms with Crippen molar-refractivity contribution in [3.63, 3.8) is 0 Å². The first-order valence-corrected chi connectivity index (χ1v) is 13.8. The lowest BCUT2D eigenvalue weighted by Crippen LogP contribution is -2.17. The highest BCUT2D eigenvalue weighted by molar-refractivity contribution is 8.84. The van der Waals surface area contributed by atoms with E-state index in [0.717, 1.165) is 25.7 Å².